The van der Waals surface area contributed by atoms with Crippen LogP contribution in [-0.4, -0.2) is 14.8 Å². The van der Waals surface area contributed by atoms with E-state index in [9.17, 15) is 0 Å². The molecule has 2 aromatic heterocycles. The Hall–Kier alpha value is -1.68. The van der Waals surface area contributed by atoms with Crippen molar-refractivity contribution >= 4 is 0 Å². The summed E-state index contributed by atoms with van der Waals surface area (Å²) in [5, 5.41) is 7.74. The Bertz CT molecular complexity index is 435. The molecule has 0 aromatic carbocycles. The number of nitrogens with one attached hydrogen (secondary N) is 1. The van der Waals surface area contributed by atoms with Gasteiger partial charge in [0, 0.05) is 38.2 Å². The molecule has 2 aromatic rings. The fourth-order valence-corrected chi connectivity index (χ4v) is 1.59. The van der Waals surface area contributed by atoms with Crippen molar-refractivity contribution in [2.45, 2.75) is 19.5 Å². The molecule has 4 heteroatoms. The maximum absolute atomic E-state index is 4.32. The van der Waals surface area contributed by atoms with E-state index in [-0.39, 0.29) is 0 Å². The summed E-state index contributed by atoms with van der Waals surface area (Å²) in [7, 11) is 1.93. The van der Waals surface area contributed by atoms with Crippen LogP contribution in [0.2, 0.25) is 0 Å². The quantitative estimate of drug-likeness (QED) is 0.845. The molecule has 0 radical (unpaired) electrons. The lowest BCUT2D eigenvalue weighted by molar-refractivity contribution is 0.561. The van der Waals surface area contributed by atoms with Crippen molar-refractivity contribution in [3.8, 4) is 0 Å². The van der Waals surface area contributed by atoms with Crippen molar-refractivity contribution in [2.75, 3.05) is 0 Å². The molecule has 0 bridgehead atoms. The van der Waals surface area contributed by atoms with E-state index in [2.05, 4.69) is 22.3 Å². The predicted octanol–water partition coefficient (Wildman–Crippen LogP) is 1.67. The number of aryl methyl sites for hydroxylation is 1. The summed E-state index contributed by atoms with van der Waals surface area (Å²) < 4.78 is 1.81. The minimum absolute atomic E-state index is 0.310. The zero-order valence-corrected chi connectivity index (χ0v) is 9.59. The Morgan fingerprint density at radius 2 is 2.06 bits per heavy atom. The number of nitrogens with zero attached hydrogens (tertiary/aromatic N) is 3. The third-order valence-corrected chi connectivity index (χ3v) is 2.56. The SMILES string of the molecule is C[C@H](NCc1ccn(C)n1)c1ccncc1. The third-order valence-electron chi connectivity index (χ3n) is 2.56. The fourth-order valence-electron chi connectivity index (χ4n) is 1.59. The van der Waals surface area contributed by atoms with Crippen LogP contribution in [0.1, 0.15) is 24.2 Å². The van der Waals surface area contributed by atoms with Gasteiger partial charge in [0.25, 0.3) is 0 Å². The molecule has 0 saturated carbocycles. The van der Waals surface area contributed by atoms with Crippen LogP contribution in [0.15, 0.2) is 36.8 Å². The highest BCUT2D eigenvalue weighted by atomic mass is 15.3. The lowest BCUT2D eigenvalue weighted by Crippen LogP contribution is -2.18. The average molecular weight is 216 g/mol. The molecule has 2 heterocycles. The molecular weight excluding hydrogens is 200 g/mol. The maximum Gasteiger partial charge on any atom is 0.0762 e. The van der Waals surface area contributed by atoms with E-state index >= 15 is 0 Å². The van der Waals surface area contributed by atoms with Crippen LogP contribution >= 0.6 is 0 Å². The van der Waals surface area contributed by atoms with Crippen LogP contribution in [0.25, 0.3) is 0 Å². The Kier molecular flexibility index (Phi) is 3.31. The summed E-state index contributed by atoms with van der Waals surface area (Å²) in [6.45, 7) is 2.92. The molecule has 0 amide bonds. The number of hydrogen-bond acceptors (Lipinski definition) is 3. The second kappa shape index (κ2) is 4.90. The van der Waals surface area contributed by atoms with E-state index in [0.29, 0.717) is 6.04 Å². The summed E-state index contributed by atoms with van der Waals surface area (Å²) in [4.78, 5) is 4.01. The van der Waals surface area contributed by atoms with Gasteiger partial charge in [-0.1, -0.05) is 0 Å². The van der Waals surface area contributed by atoms with Crippen LogP contribution in [0.3, 0.4) is 0 Å². The van der Waals surface area contributed by atoms with Gasteiger partial charge in [0.2, 0.25) is 0 Å². The molecule has 0 saturated heterocycles. The lowest BCUT2D eigenvalue weighted by atomic mass is 10.1. The Morgan fingerprint density at radius 3 is 2.69 bits per heavy atom. The Morgan fingerprint density at radius 1 is 1.31 bits per heavy atom. The van der Waals surface area contributed by atoms with Gasteiger partial charge in [-0.05, 0) is 30.7 Å². The van der Waals surface area contributed by atoms with Crippen LogP contribution in [0, 0.1) is 0 Å². The third kappa shape index (κ3) is 2.67. The van der Waals surface area contributed by atoms with Crippen LogP contribution < -0.4 is 5.32 Å². The van der Waals surface area contributed by atoms with Gasteiger partial charge < -0.3 is 5.32 Å². The fraction of sp³-hybridized carbons (Fsp3) is 0.333. The molecule has 0 aliphatic heterocycles. The van der Waals surface area contributed by atoms with E-state index in [1.54, 1.807) is 0 Å². The predicted molar refractivity (Wildman–Crippen MR) is 62.7 cm³/mol. The van der Waals surface area contributed by atoms with Crippen LogP contribution in [0.5, 0.6) is 0 Å². The van der Waals surface area contributed by atoms with Gasteiger partial charge in [-0.3, -0.25) is 9.67 Å². The van der Waals surface area contributed by atoms with Crippen molar-refractivity contribution in [2.24, 2.45) is 7.05 Å². The zero-order chi connectivity index (χ0) is 11.4. The van der Waals surface area contributed by atoms with E-state index in [0.717, 1.165) is 12.2 Å². The average Bonchev–Trinajstić information content (AvgIpc) is 2.73. The van der Waals surface area contributed by atoms with Gasteiger partial charge in [0.1, 0.15) is 0 Å². The topological polar surface area (TPSA) is 42.7 Å². The molecule has 84 valence electrons. The summed E-state index contributed by atoms with van der Waals surface area (Å²) in [5.41, 5.74) is 2.30. The van der Waals surface area contributed by atoms with Crippen molar-refractivity contribution in [1.29, 1.82) is 0 Å². The Balaban J connectivity index is 1.91. The Labute approximate surface area is 95.3 Å². The molecule has 1 N–H and O–H groups in total. The molecule has 16 heavy (non-hydrogen) atoms. The minimum atomic E-state index is 0.310. The summed E-state index contributed by atoms with van der Waals surface area (Å²) in [6, 6.07) is 6.38. The van der Waals surface area contributed by atoms with E-state index in [1.807, 2.05) is 48.5 Å². The molecule has 0 spiro atoms. The lowest BCUT2D eigenvalue weighted by Gasteiger charge is -2.12. The van der Waals surface area contributed by atoms with Crippen molar-refractivity contribution < 1.29 is 0 Å². The molecule has 0 unspecified atom stereocenters. The first-order chi connectivity index (χ1) is 7.75. The molecule has 1 atom stereocenters. The van der Waals surface area contributed by atoms with Crippen molar-refractivity contribution in [3.05, 3.63) is 48.0 Å². The number of hydrogen-bond donors (Lipinski definition) is 1. The van der Waals surface area contributed by atoms with Gasteiger partial charge >= 0.3 is 0 Å². The van der Waals surface area contributed by atoms with Gasteiger partial charge in [-0.15, -0.1) is 0 Å². The number of rotatable bonds is 4. The zero-order valence-electron chi connectivity index (χ0n) is 9.59. The molecular formula is C12H16N4. The minimum Gasteiger partial charge on any atom is -0.304 e. The van der Waals surface area contributed by atoms with E-state index < -0.39 is 0 Å². The largest absolute Gasteiger partial charge is 0.304 e. The van der Waals surface area contributed by atoms with Gasteiger partial charge in [0.05, 0.1) is 5.69 Å². The highest BCUT2D eigenvalue weighted by Crippen LogP contribution is 2.10. The first-order valence-electron chi connectivity index (χ1n) is 5.37. The second-order valence-electron chi connectivity index (χ2n) is 3.86. The first kappa shape index (κ1) is 10.8. The highest BCUT2D eigenvalue weighted by Gasteiger charge is 2.04. The monoisotopic (exact) mass is 216 g/mol. The van der Waals surface area contributed by atoms with Gasteiger partial charge in [0.15, 0.2) is 0 Å². The van der Waals surface area contributed by atoms with Gasteiger partial charge in [-0.2, -0.15) is 5.10 Å². The normalized spacial score (nSPS) is 12.6. The summed E-state index contributed by atoms with van der Waals surface area (Å²) >= 11 is 0. The summed E-state index contributed by atoms with van der Waals surface area (Å²) in [5.74, 6) is 0. The molecule has 4 nitrogen and oxygen atoms in total. The maximum atomic E-state index is 4.32. The highest BCUT2D eigenvalue weighted by molar-refractivity contribution is 5.14. The van der Waals surface area contributed by atoms with Crippen LogP contribution in [-0.2, 0) is 13.6 Å². The molecule has 2 rings (SSSR count). The molecule has 0 fully saturated rings. The van der Waals surface area contributed by atoms with E-state index in [1.165, 1.54) is 5.56 Å². The summed E-state index contributed by atoms with van der Waals surface area (Å²) in [6.07, 6.45) is 5.58. The van der Waals surface area contributed by atoms with Crippen LogP contribution in [0.4, 0.5) is 0 Å². The van der Waals surface area contributed by atoms with Gasteiger partial charge in [-0.25, -0.2) is 0 Å². The first-order valence-corrected chi connectivity index (χ1v) is 5.37. The smallest absolute Gasteiger partial charge is 0.0762 e. The van der Waals surface area contributed by atoms with Crippen molar-refractivity contribution in [3.63, 3.8) is 0 Å². The molecule has 0 aliphatic rings. The van der Waals surface area contributed by atoms with Crippen molar-refractivity contribution in [1.82, 2.24) is 20.1 Å². The molecule has 0 aliphatic carbocycles. The number of aromatic nitrogens is 3. The van der Waals surface area contributed by atoms with E-state index in [4.69, 9.17) is 0 Å². The second-order valence-corrected chi connectivity index (χ2v) is 3.86. The standard InChI is InChI=1S/C12H16N4/c1-10(11-3-6-13-7-4-11)14-9-12-5-8-16(2)15-12/h3-8,10,14H,9H2,1-2H3/t10-/m0/s1. The number of pyridine rings is 1.